The molecule has 1 aromatic carbocycles. The van der Waals surface area contributed by atoms with Crippen LogP contribution in [0.25, 0.3) is 0 Å². The molecular formula is C18H20B2N2O6PS+. The van der Waals surface area contributed by atoms with Crippen molar-refractivity contribution in [2.45, 2.75) is 51.0 Å². The molecule has 2 aliphatic heterocycles. The van der Waals surface area contributed by atoms with Crippen LogP contribution in [-0.2, 0) is 20.4 Å². The summed E-state index contributed by atoms with van der Waals surface area (Å²) in [7, 11) is 8.53. The van der Waals surface area contributed by atoms with Crippen LogP contribution in [0.5, 0.6) is 5.75 Å². The molecule has 3 atom stereocenters. The summed E-state index contributed by atoms with van der Waals surface area (Å²) >= 11 is 5.22. The number of fused-ring (bicyclic) bond motifs is 1. The second-order valence-corrected chi connectivity index (χ2v) is 9.42. The van der Waals surface area contributed by atoms with Gasteiger partial charge in [0.15, 0.2) is 10.5 Å². The number of aryl methyl sites for hydroxylation is 2. The van der Waals surface area contributed by atoms with Crippen molar-refractivity contribution in [3.63, 3.8) is 0 Å². The van der Waals surface area contributed by atoms with Gasteiger partial charge in [-0.2, -0.15) is 9.42 Å². The van der Waals surface area contributed by atoms with Gasteiger partial charge in [-0.05, 0) is 44.5 Å². The molecule has 2 aliphatic rings. The quantitative estimate of drug-likeness (QED) is 0.425. The van der Waals surface area contributed by atoms with Crippen molar-refractivity contribution in [3.05, 3.63) is 56.2 Å². The lowest BCUT2D eigenvalue weighted by Gasteiger charge is -2.33. The van der Waals surface area contributed by atoms with E-state index in [1.807, 2.05) is 25.1 Å². The Bertz CT molecular complexity index is 1090. The predicted molar refractivity (Wildman–Crippen MR) is 115 cm³/mol. The highest BCUT2D eigenvalue weighted by Gasteiger charge is 2.56. The van der Waals surface area contributed by atoms with Crippen molar-refractivity contribution >= 4 is 36.1 Å². The second-order valence-electron chi connectivity index (χ2n) is 7.48. The first kappa shape index (κ1) is 21.7. The molecule has 2 aromatic rings. The van der Waals surface area contributed by atoms with Crippen LogP contribution in [0.4, 0.5) is 0 Å². The molecule has 1 fully saturated rings. The summed E-state index contributed by atoms with van der Waals surface area (Å²) in [6, 6.07) is 5.56. The first-order valence-corrected chi connectivity index (χ1v) is 11.3. The van der Waals surface area contributed by atoms with Crippen LogP contribution < -0.4 is 10.1 Å². The van der Waals surface area contributed by atoms with Gasteiger partial charge in [0.2, 0.25) is 0 Å². The number of ether oxygens (including phenoxy) is 1. The summed E-state index contributed by atoms with van der Waals surface area (Å²) in [5.74, 6) is 0.496. The van der Waals surface area contributed by atoms with Crippen LogP contribution in [0.2, 0.25) is 0 Å². The molecule has 1 aromatic heterocycles. The summed E-state index contributed by atoms with van der Waals surface area (Å²) in [6.07, 6.45) is 1.33. The normalized spacial score (nSPS) is 26.2. The minimum absolute atomic E-state index is 0.108. The summed E-state index contributed by atoms with van der Waals surface area (Å²) in [4.78, 5) is 25.1. The average Bonchev–Trinajstić information content (AvgIpc) is 3.16. The van der Waals surface area contributed by atoms with E-state index in [4.69, 9.17) is 46.2 Å². The molecule has 2 N–H and O–H groups in total. The first-order valence-electron chi connectivity index (χ1n) is 9.38. The minimum Gasteiger partial charge on any atom is -0.353 e. The zero-order valence-electron chi connectivity index (χ0n) is 16.5. The van der Waals surface area contributed by atoms with Gasteiger partial charge in [-0.15, -0.1) is 4.52 Å². The number of para-hydroxylation sites is 1. The third kappa shape index (κ3) is 4.15. The van der Waals surface area contributed by atoms with Gasteiger partial charge in [-0.25, -0.2) is 0 Å². The lowest BCUT2D eigenvalue weighted by Crippen LogP contribution is -2.47. The van der Waals surface area contributed by atoms with E-state index in [1.54, 1.807) is 17.7 Å². The Kier molecular flexibility index (Phi) is 5.72. The van der Waals surface area contributed by atoms with E-state index in [-0.39, 0.29) is 16.9 Å². The van der Waals surface area contributed by atoms with Gasteiger partial charge in [0.1, 0.15) is 28.5 Å². The number of benzene rings is 1. The van der Waals surface area contributed by atoms with Crippen molar-refractivity contribution in [1.29, 1.82) is 0 Å². The fraction of sp³-hybridized carbons (Fsp3) is 0.444. The lowest BCUT2D eigenvalue weighted by molar-refractivity contribution is -0.0555. The molecule has 12 heteroatoms. The van der Waals surface area contributed by atoms with Gasteiger partial charge in [-0.3, -0.25) is 18.9 Å². The zero-order chi connectivity index (χ0) is 21.7. The topological polar surface area (TPSA) is 94.9 Å². The number of rotatable bonds is 4. The average molecular weight is 445 g/mol. The highest BCUT2D eigenvalue weighted by Crippen LogP contribution is 2.64. The number of aromatic amines is 1. The third-order valence-electron chi connectivity index (χ3n) is 5.11. The van der Waals surface area contributed by atoms with Crippen molar-refractivity contribution in [2.24, 2.45) is 0 Å². The van der Waals surface area contributed by atoms with Crippen LogP contribution in [0.1, 0.15) is 35.8 Å². The van der Waals surface area contributed by atoms with Crippen molar-refractivity contribution in [1.82, 2.24) is 9.55 Å². The molecular weight excluding hydrogens is 425 g/mol. The minimum atomic E-state index is -3.82. The molecule has 0 amide bonds. The third-order valence-corrected chi connectivity index (χ3v) is 6.84. The van der Waals surface area contributed by atoms with E-state index < -0.39 is 25.9 Å². The van der Waals surface area contributed by atoms with Gasteiger partial charge in [0.05, 0.1) is 11.5 Å². The molecule has 0 saturated carbocycles. The zero-order valence-corrected chi connectivity index (χ0v) is 18.2. The summed E-state index contributed by atoms with van der Waals surface area (Å²) in [6.45, 7) is 3.64. The number of nitrogens with zero attached hydrogens (tertiary/aromatic N) is 1. The molecule has 154 valence electrons. The Morgan fingerprint density at radius 3 is 2.87 bits per heavy atom. The summed E-state index contributed by atoms with van der Waals surface area (Å²) < 4.78 is 24.5. The van der Waals surface area contributed by atoms with E-state index in [0.29, 0.717) is 24.2 Å². The molecule has 1 saturated heterocycles. The van der Waals surface area contributed by atoms with E-state index in [9.17, 15) is 9.69 Å². The Morgan fingerprint density at radius 1 is 1.33 bits per heavy atom. The fourth-order valence-corrected chi connectivity index (χ4v) is 5.23. The van der Waals surface area contributed by atoms with E-state index in [1.165, 1.54) is 0 Å². The molecule has 3 heterocycles. The Balaban J connectivity index is 1.50. The van der Waals surface area contributed by atoms with Crippen LogP contribution in [0.15, 0.2) is 29.2 Å². The van der Waals surface area contributed by atoms with Gasteiger partial charge >= 0.3 is 8.17 Å². The van der Waals surface area contributed by atoms with Crippen molar-refractivity contribution < 1.29 is 23.2 Å². The number of aromatic nitrogens is 2. The molecule has 0 aliphatic carbocycles. The van der Waals surface area contributed by atoms with Crippen LogP contribution in [0.3, 0.4) is 0 Å². The number of nitrogens with one attached hydrogen (secondary N) is 1. The Morgan fingerprint density at radius 2 is 2.10 bits per heavy atom. The van der Waals surface area contributed by atoms with Crippen LogP contribution >= 0.6 is 20.4 Å². The van der Waals surface area contributed by atoms with E-state index >= 15 is 0 Å². The monoisotopic (exact) mass is 445 g/mol. The van der Waals surface area contributed by atoms with E-state index in [0.717, 1.165) is 11.1 Å². The summed E-state index contributed by atoms with van der Waals surface area (Å²) in [5, 5.41) is -1.88. The largest absolute Gasteiger partial charge is 0.618 e. The fourth-order valence-electron chi connectivity index (χ4n) is 3.51. The molecule has 4 radical (unpaired) electrons. The number of H-pyrrole nitrogens is 1. The standard InChI is InChI=1S/C18H19B2N2O6PS/c1-10-4-3-5-12-9-25-29(24,27-15(10)12)28-18(19,20)13-6-7-14(26-13)22-8-11(2)16(23)21-17(22)30/h3-5,8,13-14,24H,6-7,9H2,1-2H3/p+1. The van der Waals surface area contributed by atoms with Crippen molar-refractivity contribution in [2.75, 3.05) is 0 Å². The smallest absolute Gasteiger partial charge is 0.353 e. The van der Waals surface area contributed by atoms with Gasteiger partial charge in [-0.1, -0.05) is 18.2 Å². The highest BCUT2D eigenvalue weighted by molar-refractivity contribution is 7.71. The van der Waals surface area contributed by atoms with Gasteiger partial charge in [0.25, 0.3) is 5.56 Å². The molecule has 3 unspecified atom stereocenters. The SMILES string of the molecule is [B]C([B])(O[P+]1(O)OCc2cccc(C)c2O1)C1CCC(n2cc(C)c(=O)[nH]c2=S)O1. The molecule has 0 bridgehead atoms. The maximum atomic E-state index is 11.7. The molecule has 8 nitrogen and oxygen atoms in total. The van der Waals surface area contributed by atoms with E-state index in [2.05, 4.69) is 4.98 Å². The Labute approximate surface area is 182 Å². The van der Waals surface area contributed by atoms with Gasteiger partial charge in [0, 0.05) is 17.3 Å². The molecule has 0 spiro atoms. The highest BCUT2D eigenvalue weighted by atomic mass is 32.1. The Hall–Kier alpha value is -1.48. The maximum Gasteiger partial charge on any atom is 0.618 e. The predicted octanol–water partition coefficient (Wildman–Crippen LogP) is 2.49. The van der Waals surface area contributed by atoms with Crippen LogP contribution in [0, 0.1) is 18.6 Å². The van der Waals surface area contributed by atoms with Crippen LogP contribution in [-0.4, -0.2) is 41.6 Å². The first-order chi connectivity index (χ1) is 14.1. The summed E-state index contributed by atoms with van der Waals surface area (Å²) in [5.41, 5.74) is 1.87. The number of hydrogen-bond acceptors (Lipinski definition) is 7. The maximum absolute atomic E-state index is 11.7. The van der Waals surface area contributed by atoms with Crippen molar-refractivity contribution in [3.8, 4) is 5.75 Å². The molecule has 4 rings (SSSR count). The lowest BCUT2D eigenvalue weighted by atomic mass is 9.61. The molecule has 30 heavy (non-hydrogen) atoms. The number of hydrogen-bond donors (Lipinski definition) is 2. The second kappa shape index (κ2) is 7.89. The van der Waals surface area contributed by atoms with Gasteiger partial charge < -0.3 is 4.74 Å².